The van der Waals surface area contributed by atoms with E-state index in [1.807, 2.05) is 53.2 Å². The van der Waals surface area contributed by atoms with Crippen molar-refractivity contribution in [3.8, 4) is 11.1 Å². The smallest absolute Gasteiger partial charge is 0.207 e. The van der Waals surface area contributed by atoms with Crippen LogP contribution in [0.3, 0.4) is 0 Å². The molecular weight excluding hydrogens is 414 g/mol. The third-order valence-electron chi connectivity index (χ3n) is 4.96. The fraction of sp³-hybridized carbons (Fsp3) is 0.167. The van der Waals surface area contributed by atoms with Crippen LogP contribution < -0.4 is 10.6 Å². The van der Waals surface area contributed by atoms with Crippen molar-refractivity contribution < 1.29 is 18.3 Å². The van der Waals surface area contributed by atoms with Gasteiger partial charge in [0.15, 0.2) is 0 Å². The molecule has 164 valence electrons. The van der Waals surface area contributed by atoms with Crippen LogP contribution >= 0.6 is 0 Å². The topological polar surface area (TPSA) is 67.7 Å². The van der Waals surface area contributed by atoms with E-state index in [0.29, 0.717) is 38.3 Å². The van der Waals surface area contributed by atoms with Gasteiger partial charge in [-0.25, -0.2) is 13.8 Å². The van der Waals surface area contributed by atoms with E-state index in [4.69, 9.17) is 4.74 Å². The van der Waals surface area contributed by atoms with E-state index in [9.17, 15) is 13.6 Å². The number of carbonyl (C=O) groups is 1. The Bertz CT molecular complexity index is 1230. The Labute approximate surface area is 183 Å². The number of ether oxygens (including phenoxy) is 1. The predicted octanol–water partition coefficient (Wildman–Crippen LogP) is 4.33. The molecule has 2 aromatic heterocycles. The van der Waals surface area contributed by atoms with E-state index in [0.717, 1.165) is 28.5 Å². The molecule has 0 aliphatic heterocycles. The molecule has 0 spiro atoms. The Morgan fingerprint density at radius 3 is 2.78 bits per heavy atom. The summed E-state index contributed by atoms with van der Waals surface area (Å²) in [4.78, 5) is 14.7. The number of carbonyl (C=O) groups excluding carboxylic acids is 1. The van der Waals surface area contributed by atoms with Crippen LogP contribution in [0.4, 0.5) is 20.2 Å². The van der Waals surface area contributed by atoms with Gasteiger partial charge in [0.05, 0.1) is 18.9 Å². The van der Waals surface area contributed by atoms with Crippen molar-refractivity contribution in [2.24, 2.45) is 0 Å². The molecular formula is C24H22F2N4O2. The van der Waals surface area contributed by atoms with Crippen LogP contribution in [0.5, 0.6) is 0 Å². The highest BCUT2D eigenvalue weighted by atomic mass is 19.1. The van der Waals surface area contributed by atoms with Gasteiger partial charge < -0.3 is 19.8 Å². The first-order valence-corrected chi connectivity index (χ1v) is 10.2. The molecule has 1 amide bonds. The molecule has 0 aliphatic carbocycles. The maximum Gasteiger partial charge on any atom is 0.207 e. The summed E-state index contributed by atoms with van der Waals surface area (Å²) in [6, 6.07) is 14.9. The van der Waals surface area contributed by atoms with Gasteiger partial charge in [-0.05, 0) is 47.5 Å². The lowest BCUT2D eigenvalue weighted by atomic mass is 10.1. The molecule has 0 radical (unpaired) electrons. The van der Waals surface area contributed by atoms with Crippen LogP contribution in [0.2, 0.25) is 0 Å². The van der Waals surface area contributed by atoms with E-state index in [1.165, 1.54) is 12.1 Å². The molecule has 2 aromatic carbocycles. The van der Waals surface area contributed by atoms with Crippen molar-refractivity contribution in [2.45, 2.75) is 6.42 Å². The normalized spacial score (nSPS) is 10.9. The number of imidazole rings is 1. The van der Waals surface area contributed by atoms with Crippen LogP contribution in [0.1, 0.15) is 5.69 Å². The third kappa shape index (κ3) is 5.09. The number of fused-ring (bicyclic) bond motifs is 1. The van der Waals surface area contributed by atoms with Crippen LogP contribution in [0.25, 0.3) is 16.8 Å². The zero-order chi connectivity index (χ0) is 22.3. The Kier molecular flexibility index (Phi) is 6.72. The summed E-state index contributed by atoms with van der Waals surface area (Å²) in [7, 11) is 0. The van der Waals surface area contributed by atoms with Gasteiger partial charge in [0, 0.05) is 42.8 Å². The maximum absolute atomic E-state index is 14.0. The molecule has 0 saturated heterocycles. The Hall–Kier alpha value is -3.78. The van der Waals surface area contributed by atoms with Gasteiger partial charge in [0.25, 0.3) is 0 Å². The number of pyridine rings is 1. The van der Waals surface area contributed by atoms with Crippen molar-refractivity contribution in [1.29, 1.82) is 0 Å². The molecule has 6 nitrogen and oxygen atoms in total. The fourth-order valence-electron chi connectivity index (χ4n) is 3.38. The van der Waals surface area contributed by atoms with Gasteiger partial charge >= 0.3 is 0 Å². The molecule has 0 atom stereocenters. The SMILES string of the molecule is O=CNCCOCCc1cnc2ccc(-c3cccc(Nc4ccc(F)cc4F)c3)cn12. The van der Waals surface area contributed by atoms with Crippen LogP contribution in [-0.4, -0.2) is 35.6 Å². The standard InChI is InChI=1S/C24H22F2N4O2/c25-19-5-6-23(22(26)13-19)29-20-3-1-2-17(12-20)18-4-7-24-28-14-21(30(24)15-18)8-10-32-11-9-27-16-31/h1-7,12-16,29H,8-11H2,(H,27,31). The molecule has 0 unspecified atom stereocenters. The number of halogens is 2. The lowest BCUT2D eigenvalue weighted by Gasteiger charge is -2.10. The summed E-state index contributed by atoms with van der Waals surface area (Å²) in [6.07, 6.45) is 5.15. The number of hydrogen-bond donors (Lipinski definition) is 2. The van der Waals surface area contributed by atoms with Crippen molar-refractivity contribution in [2.75, 3.05) is 25.1 Å². The first-order valence-electron chi connectivity index (χ1n) is 10.2. The largest absolute Gasteiger partial charge is 0.379 e. The molecule has 0 fully saturated rings. The summed E-state index contributed by atoms with van der Waals surface area (Å²) in [6.45, 7) is 1.45. The second kappa shape index (κ2) is 10.0. The average Bonchev–Trinajstić information content (AvgIpc) is 3.20. The third-order valence-corrected chi connectivity index (χ3v) is 4.96. The summed E-state index contributed by atoms with van der Waals surface area (Å²) >= 11 is 0. The van der Waals surface area contributed by atoms with Crippen molar-refractivity contribution in [3.63, 3.8) is 0 Å². The summed E-state index contributed by atoms with van der Waals surface area (Å²) in [5.41, 5.74) is 4.64. The van der Waals surface area contributed by atoms with Gasteiger partial charge in [-0.3, -0.25) is 4.79 Å². The predicted molar refractivity (Wildman–Crippen MR) is 119 cm³/mol. The lowest BCUT2D eigenvalue weighted by molar-refractivity contribution is -0.109. The van der Waals surface area contributed by atoms with Gasteiger partial charge in [-0.2, -0.15) is 0 Å². The first-order chi connectivity index (χ1) is 15.6. The summed E-state index contributed by atoms with van der Waals surface area (Å²) < 4.78 is 34.7. The maximum atomic E-state index is 14.0. The number of anilines is 2. The van der Waals surface area contributed by atoms with E-state index < -0.39 is 11.6 Å². The fourth-order valence-corrected chi connectivity index (χ4v) is 3.38. The van der Waals surface area contributed by atoms with Gasteiger partial charge in [0.1, 0.15) is 17.3 Å². The number of nitrogens with zero attached hydrogens (tertiary/aromatic N) is 2. The molecule has 32 heavy (non-hydrogen) atoms. The quantitative estimate of drug-likeness (QED) is 0.287. The Morgan fingerprint density at radius 2 is 1.94 bits per heavy atom. The number of nitrogens with one attached hydrogen (secondary N) is 2. The minimum atomic E-state index is -0.649. The average molecular weight is 436 g/mol. The van der Waals surface area contributed by atoms with E-state index in [2.05, 4.69) is 15.6 Å². The van der Waals surface area contributed by atoms with Crippen LogP contribution in [-0.2, 0) is 16.0 Å². The van der Waals surface area contributed by atoms with Crippen molar-refractivity contribution in [3.05, 3.63) is 84.3 Å². The molecule has 4 rings (SSSR count). The summed E-state index contributed by atoms with van der Waals surface area (Å²) in [5.74, 6) is -1.27. The van der Waals surface area contributed by atoms with Crippen molar-refractivity contribution >= 4 is 23.4 Å². The molecule has 4 aromatic rings. The van der Waals surface area contributed by atoms with E-state index in [-0.39, 0.29) is 5.69 Å². The van der Waals surface area contributed by atoms with E-state index >= 15 is 0 Å². The minimum absolute atomic E-state index is 0.208. The Morgan fingerprint density at radius 1 is 1.03 bits per heavy atom. The number of amides is 1. The molecule has 0 aliphatic rings. The molecule has 2 heterocycles. The Balaban J connectivity index is 1.50. The van der Waals surface area contributed by atoms with E-state index in [1.54, 1.807) is 0 Å². The number of benzene rings is 2. The van der Waals surface area contributed by atoms with Gasteiger partial charge in [-0.1, -0.05) is 12.1 Å². The number of aromatic nitrogens is 2. The molecule has 2 N–H and O–H groups in total. The van der Waals surface area contributed by atoms with Crippen LogP contribution in [0.15, 0.2) is 67.0 Å². The highest BCUT2D eigenvalue weighted by Crippen LogP contribution is 2.27. The van der Waals surface area contributed by atoms with Gasteiger partial charge in [-0.15, -0.1) is 0 Å². The van der Waals surface area contributed by atoms with Crippen LogP contribution in [0, 0.1) is 11.6 Å². The molecule has 8 heteroatoms. The number of hydrogen-bond acceptors (Lipinski definition) is 4. The highest BCUT2D eigenvalue weighted by molar-refractivity contribution is 5.71. The lowest BCUT2D eigenvalue weighted by Crippen LogP contribution is -2.18. The highest BCUT2D eigenvalue weighted by Gasteiger charge is 2.08. The number of rotatable bonds is 10. The zero-order valence-electron chi connectivity index (χ0n) is 17.2. The minimum Gasteiger partial charge on any atom is -0.379 e. The first kappa shape index (κ1) is 21.5. The van der Waals surface area contributed by atoms with Gasteiger partial charge in [0.2, 0.25) is 6.41 Å². The monoisotopic (exact) mass is 436 g/mol. The summed E-state index contributed by atoms with van der Waals surface area (Å²) in [5, 5.41) is 5.55. The van der Waals surface area contributed by atoms with Crippen molar-refractivity contribution in [1.82, 2.24) is 14.7 Å². The molecule has 0 saturated carbocycles. The zero-order valence-corrected chi connectivity index (χ0v) is 17.2. The second-order valence-corrected chi connectivity index (χ2v) is 7.16. The second-order valence-electron chi connectivity index (χ2n) is 7.16. The molecule has 0 bridgehead atoms.